The van der Waals surface area contributed by atoms with Crippen molar-refractivity contribution in [2.45, 2.75) is 48.7 Å². The van der Waals surface area contributed by atoms with Crippen molar-refractivity contribution in [2.24, 2.45) is 5.92 Å². The second kappa shape index (κ2) is 14.4. The topological polar surface area (TPSA) is 58.4 Å². The molecule has 5 atom stereocenters. The summed E-state index contributed by atoms with van der Waals surface area (Å²) < 4.78 is 63.1. The highest BCUT2D eigenvalue weighted by molar-refractivity contribution is 7.99. The maximum absolute atomic E-state index is 14.1. The van der Waals surface area contributed by atoms with E-state index in [1.54, 1.807) is 22.6 Å². The number of halogens is 3. The van der Waals surface area contributed by atoms with Crippen LogP contribution in [0.5, 0.6) is 0 Å². The minimum absolute atomic E-state index is 0.0806. The molecule has 6 nitrogen and oxygen atoms in total. The second-order valence-electron chi connectivity index (χ2n) is 10.9. The molecule has 4 aromatic carbocycles. The number of hydrogen-bond donors (Lipinski definition) is 0. The molecule has 0 amide bonds. The van der Waals surface area contributed by atoms with Gasteiger partial charge in [-0.3, -0.25) is 0 Å². The molecule has 5 aromatic rings. The first kappa shape index (κ1) is 31.0. The van der Waals surface area contributed by atoms with E-state index in [0.29, 0.717) is 19.8 Å². The van der Waals surface area contributed by atoms with Crippen molar-refractivity contribution in [3.05, 3.63) is 138 Å². The van der Waals surface area contributed by atoms with E-state index in [-0.39, 0.29) is 23.3 Å². The third-order valence-corrected chi connectivity index (χ3v) is 8.96. The van der Waals surface area contributed by atoms with E-state index in [0.717, 1.165) is 28.2 Å². The molecule has 0 saturated carbocycles. The molecule has 2 heterocycles. The Kier molecular flexibility index (Phi) is 9.95. The molecule has 1 aliphatic rings. The highest BCUT2D eigenvalue weighted by Gasteiger charge is 2.47. The third kappa shape index (κ3) is 7.48. The van der Waals surface area contributed by atoms with Crippen LogP contribution in [0, 0.1) is 23.4 Å². The van der Waals surface area contributed by atoms with Gasteiger partial charge in [-0.05, 0) is 35.4 Å². The first-order valence-corrected chi connectivity index (χ1v) is 15.6. The van der Waals surface area contributed by atoms with Crippen molar-refractivity contribution in [2.75, 3.05) is 6.61 Å². The summed E-state index contributed by atoms with van der Waals surface area (Å²) in [6, 6.07) is 31.1. The second-order valence-corrected chi connectivity index (χ2v) is 12.1. The van der Waals surface area contributed by atoms with Crippen LogP contribution < -0.4 is 0 Å². The lowest BCUT2D eigenvalue weighted by atomic mass is 9.89. The van der Waals surface area contributed by atoms with Gasteiger partial charge < -0.3 is 14.2 Å². The van der Waals surface area contributed by atoms with E-state index in [2.05, 4.69) is 10.3 Å². The number of rotatable bonds is 11. The molecule has 0 radical (unpaired) electrons. The van der Waals surface area contributed by atoms with Gasteiger partial charge in [-0.15, -0.1) is 5.10 Å². The predicted octanol–water partition coefficient (Wildman–Crippen LogP) is 7.86. The van der Waals surface area contributed by atoms with Gasteiger partial charge in [-0.25, -0.2) is 17.9 Å². The summed E-state index contributed by atoms with van der Waals surface area (Å²) in [7, 11) is 0. The number of hydrogen-bond acceptors (Lipinski definition) is 6. The van der Waals surface area contributed by atoms with Crippen LogP contribution >= 0.6 is 11.8 Å². The number of ether oxygens (including phenoxy) is 3. The molecule has 1 saturated heterocycles. The fourth-order valence-corrected chi connectivity index (χ4v) is 6.59. The van der Waals surface area contributed by atoms with Crippen LogP contribution in [0.1, 0.15) is 24.1 Å². The Morgan fingerprint density at radius 3 is 2.07 bits per heavy atom. The molecule has 45 heavy (non-hydrogen) atoms. The number of benzene rings is 4. The van der Waals surface area contributed by atoms with Crippen molar-refractivity contribution in [3.63, 3.8) is 0 Å². The van der Waals surface area contributed by atoms with Crippen LogP contribution in [0.3, 0.4) is 0 Å². The van der Waals surface area contributed by atoms with Gasteiger partial charge in [-0.1, -0.05) is 103 Å². The van der Waals surface area contributed by atoms with Gasteiger partial charge in [0.2, 0.25) is 0 Å². The minimum Gasteiger partial charge on any atom is -0.374 e. The maximum atomic E-state index is 14.1. The largest absolute Gasteiger partial charge is 0.374 e. The molecular weight excluding hydrogens is 599 g/mol. The number of thioether (sulfide) groups is 1. The third-order valence-electron chi connectivity index (χ3n) is 7.81. The standard InChI is InChI=1S/C35H32F3N3O3S/c1-23-31(22-42-20-24-11-5-2-6-12-24)44-35(45-27-15-9-4-10-16-27)34(43-21-25-13-7-3-8-14-25)33(23)41-19-30(39-40-41)26-17-28(36)32(38)29(37)18-26/h2-19,23,31,33-35H,20-22H2,1H3/t23-,31?,33-,34?,35-/m0/s1. The van der Waals surface area contributed by atoms with E-state index in [1.807, 2.05) is 97.9 Å². The van der Waals surface area contributed by atoms with Crippen LogP contribution in [0.2, 0.25) is 0 Å². The molecule has 0 bridgehead atoms. The van der Waals surface area contributed by atoms with Crippen molar-refractivity contribution in [1.82, 2.24) is 15.0 Å². The molecule has 1 aliphatic heterocycles. The highest BCUT2D eigenvalue weighted by atomic mass is 32.2. The van der Waals surface area contributed by atoms with Crippen LogP contribution in [-0.4, -0.2) is 39.2 Å². The smallest absolute Gasteiger partial charge is 0.194 e. The van der Waals surface area contributed by atoms with E-state index in [4.69, 9.17) is 14.2 Å². The average molecular weight is 632 g/mol. The lowest BCUT2D eigenvalue weighted by molar-refractivity contribution is -0.175. The van der Waals surface area contributed by atoms with Crippen LogP contribution in [0.15, 0.2) is 114 Å². The summed E-state index contributed by atoms with van der Waals surface area (Å²) in [5, 5.41) is 8.62. The van der Waals surface area contributed by atoms with Crippen LogP contribution in [-0.2, 0) is 27.4 Å². The summed E-state index contributed by atoms with van der Waals surface area (Å²) in [5.74, 6) is -4.29. The zero-order valence-corrected chi connectivity index (χ0v) is 25.3. The van der Waals surface area contributed by atoms with E-state index >= 15 is 0 Å². The lowest BCUT2D eigenvalue weighted by Crippen LogP contribution is -2.52. The molecule has 10 heteroatoms. The maximum Gasteiger partial charge on any atom is 0.194 e. The van der Waals surface area contributed by atoms with Crippen LogP contribution in [0.25, 0.3) is 11.3 Å². The van der Waals surface area contributed by atoms with Gasteiger partial charge in [0.05, 0.1) is 38.2 Å². The molecular formula is C35H32F3N3O3S. The van der Waals surface area contributed by atoms with Crippen molar-refractivity contribution < 1.29 is 27.4 Å². The molecule has 0 N–H and O–H groups in total. The Balaban J connectivity index is 1.33. The quantitative estimate of drug-likeness (QED) is 0.138. The van der Waals surface area contributed by atoms with Gasteiger partial charge in [0.1, 0.15) is 17.2 Å². The van der Waals surface area contributed by atoms with Gasteiger partial charge in [0, 0.05) is 16.4 Å². The zero-order chi connectivity index (χ0) is 31.2. The molecule has 232 valence electrons. The Morgan fingerprint density at radius 1 is 0.822 bits per heavy atom. The first-order chi connectivity index (χ1) is 22.0. The SMILES string of the molecule is C[C@H]1C(COCc2ccccc2)O[C@@H](Sc2ccccc2)C(OCc2ccccc2)[C@H]1n1cc(-c2cc(F)c(F)c(F)c2)nn1. The summed E-state index contributed by atoms with van der Waals surface area (Å²) in [6.45, 7) is 3.12. The minimum atomic E-state index is -1.53. The summed E-state index contributed by atoms with van der Waals surface area (Å²) in [6.07, 6.45) is 0.765. The number of nitrogens with zero attached hydrogens (tertiary/aromatic N) is 3. The van der Waals surface area contributed by atoms with Crippen LogP contribution in [0.4, 0.5) is 13.2 Å². The normalized spacial score (nSPS) is 21.6. The molecule has 0 aliphatic carbocycles. The van der Waals surface area contributed by atoms with E-state index in [1.165, 1.54) is 0 Å². The number of aromatic nitrogens is 3. The average Bonchev–Trinajstić information content (AvgIpc) is 3.55. The molecule has 1 fully saturated rings. The van der Waals surface area contributed by atoms with E-state index < -0.39 is 35.0 Å². The summed E-state index contributed by atoms with van der Waals surface area (Å²) in [4.78, 5) is 1.00. The Morgan fingerprint density at radius 2 is 1.42 bits per heavy atom. The fraction of sp³-hybridized carbons (Fsp3) is 0.257. The van der Waals surface area contributed by atoms with Gasteiger partial charge in [0.25, 0.3) is 0 Å². The van der Waals surface area contributed by atoms with Gasteiger partial charge in [0.15, 0.2) is 17.5 Å². The van der Waals surface area contributed by atoms with Crippen molar-refractivity contribution in [1.29, 1.82) is 0 Å². The lowest BCUT2D eigenvalue weighted by Gasteiger charge is -2.45. The van der Waals surface area contributed by atoms with Crippen molar-refractivity contribution in [3.8, 4) is 11.3 Å². The predicted molar refractivity (Wildman–Crippen MR) is 166 cm³/mol. The molecule has 0 spiro atoms. The molecule has 1 aromatic heterocycles. The zero-order valence-electron chi connectivity index (χ0n) is 24.5. The Labute approximate surface area is 264 Å². The Bertz CT molecular complexity index is 1650. The van der Waals surface area contributed by atoms with Gasteiger partial charge >= 0.3 is 0 Å². The summed E-state index contributed by atoms with van der Waals surface area (Å²) >= 11 is 1.55. The van der Waals surface area contributed by atoms with Gasteiger partial charge in [-0.2, -0.15) is 0 Å². The first-order valence-electron chi connectivity index (χ1n) is 14.7. The highest BCUT2D eigenvalue weighted by Crippen LogP contribution is 2.43. The van der Waals surface area contributed by atoms with E-state index in [9.17, 15) is 13.2 Å². The monoisotopic (exact) mass is 631 g/mol. The Hall–Kier alpha value is -3.96. The summed E-state index contributed by atoms with van der Waals surface area (Å²) in [5.41, 5.74) is 1.87. The van der Waals surface area contributed by atoms with Crippen molar-refractivity contribution >= 4 is 11.8 Å². The molecule has 6 rings (SSSR count). The fourth-order valence-electron chi connectivity index (χ4n) is 5.43. The molecule has 2 unspecified atom stereocenters.